The lowest BCUT2D eigenvalue weighted by atomic mass is 9.77. The molecule has 6 aromatic rings. The molecule has 1 heteroatoms. The summed E-state index contributed by atoms with van der Waals surface area (Å²) in [5.41, 5.74) is 12.4. The third-order valence-corrected chi connectivity index (χ3v) is 10.6. The maximum Gasteiger partial charge on any atom is 0.0629 e. The van der Waals surface area contributed by atoms with E-state index < -0.39 is 5.41 Å². The van der Waals surface area contributed by atoms with Crippen molar-refractivity contribution in [3.63, 3.8) is 0 Å². The monoisotopic (exact) mass is 694 g/mol. The van der Waals surface area contributed by atoms with Crippen molar-refractivity contribution >= 4 is 21.8 Å². The fraction of sp³-hybridized carbons (Fsp3) is 0.412. The number of hydrogen-bond acceptors (Lipinski definition) is 0. The largest absolute Gasteiger partial charge is 0.309 e. The van der Waals surface area contributed by atoms with E-state index in [0.717, 1.165) is 49.7 Å². The Morgan fingerprint density at radius 3 is 1.37 bits per heavy atom. The summed E-state index contributed by atoms with van der Waals surface area (Å²) in [6, 6.07) is 25.1. The van der Waals surface area contributed by atoms with Gasteiger partial charge in [0, 0.05) is 16.5 Å². The molecule has 0 atom stereocenters. The van der Waals surface area contributed by atoms with E-state index in [4.69, 9.17) is 2.74 Å². The molecule has 272 valence electrons. The molecule has 0 N–H and O–H groups in total. The zero-order chi connectivity index (χ0) is 41.8. The van der Waals surface area contributed by atoms with Gasteiger partial charge >= 0.3 is 0 Å². The van der Waals surface area contributed by atoms with Gasteiger partial charge < -0.3 is 4.57 Å². The Balaban J connectivity index is 1.92. The van der Waals surface area contributed by atoms with Crippen molar-refractivity contribution in [3.05, 3.63) is 124 Å². The quantitative estimate of drug-likeness (QED) is 0.174. The lowest BCUT2D eigenvalue weighted by Gasteiger charge is -2.27. The molecule has 0 aliphatic heterocycles. The van der Waals surface area contributed by atoms with Gasteiger partial charge in [-0.2, -0.15) is 0 Å². The average Bonchev–Trinajstić information content (AvgIpc) is 3.42. The minimum atomic E-state index is -0.442. The summed E-state index contributed by atoms with van der Waals surface area (Å²) in [6.45, 7) is 35.7. The predicted molar refractivity (Wildman–Crippen MR) is 230 cm³/mol. The second kappa shape index (κ2) is 12.5. The van der Waals surface area contributed by atoms with E-state index in [2.05, 4.69) is 169 Å². The standard InChI is InChI=1S/C51H63N/c1-32-20-22-33(23-21-32)41-24-25-43-45(46(41)51(14,15)16)44-40(34-26-35(47(2,3)4)28-36(27-34)48(5,6)7)18-17-19-42(44)52(43)39-30-37(49(8,9)10)29-38(31-39)50(11,12)13/h17-31H,1-16H3/i20D,21D,22D,23D. The molecule has 5 aromatic carbocycles. The van der Waals surface area contributed by atoms with Crippen molar-refractivity contribution in [1.82, 2.24) is 4.57 Å². The van der Waals surface area contributed by atoms with E-state index in [1.54, 1.807) is 6.92 Å². The van der Waals surface area contributed by atoms with Crippen LogP contribution in [0.2, 0.25) is 0 Å². The maximum absolute atomic E-state index is 9.23. The van der Waals surface area contributed by atoms with Crippen molar-refractivity contribution in [3.8, 4) is 27.9 Å². The van der Waals surface area contributed by atoms with Crippen molar-refractivity contribution in [2.45, 2.75) is 138 Å². The number of benzene rings is 5. The van der Waals surface area contributed by atoms with E-state index >= 15 is 0 Å². The van der Waals surface area contributed by atoms with Gasteiger partial charge in [0.15, 0.2) is 0 Å². The molecule has 1 nitrogen and oxygen atoms in total. The molecule has 0 aliphatic carbocycles. The lowest BCUT2D eigenvalue weighted by Crippen LogP contribution is -2.17. The number of nitrogens with zero attached hydrogens (tertiary/aromatic N) is 1. The van der Waals surface area contributed by atoms with Crippen LogP contribution in [-0.4, -0.2) is 4.57 Å². The van der Waals surface area contributed by atoms with Crippen LogP contribution < -0.4 is 0 Å². The summed E-state index contributed by atoms with van der Waals surface area (Å²) in [4.78, 5) is 0. The Labute approximate surface area is 321 Å². The normalized spacial score (nSPS) is 14.5. The third-order valence-electron chi connectivity index (χ3n) is 10.6. The molecular weight excluding hydrogens is 627 g/mol. The summed E-state index contributed by atoms with van der Waals surface area (Å²) >= 11 is 0. The molecule has 0 amide bonds. The van der Waals surface area contributed by atoms with Gasteiger partial charge in [-0.25, -0.2) is 0 Å². The predicted octanol–water partition coefficient (Wildman–Crippen LogP) is 14.9. The Morgan fingerprint density at radius 1 is 0.442 bits per heavy atom. The van der Waals surface area contributed by atoms with Crippen LogP contribution in [0.15, 0.2) is 90.9 Å². The van der Waals surface area contributed by atoms with Gasteiger partial charge in [0.25, 0.3) is 0 Å². The Hall–Kier alpha value is -4.10. The van der Waals surface area contributed by atoms with Crippen molar-refractivity contribution in [2.75, 3.05) is 0 Å². The SMILES string of the molecule is [2H]c1c([2H])c(-c2ccc3c(c2C(C)(C)C)c2c(-c4cc(C(C)(C)C)cc(C(C)(C)C)c4)cccc2n3-c2cc(C(C)(C)C)cc(C(C)(C)C)c2)c([2H])c([2H])c1C. The summed E-state index contributed by atoms with van der Waals surface area (Å²) in [5, 5.41) is 2.20. The lowest BCUT2D eigenvalue weighted by molar-refractivity contribution is 0.567. The first-order valence-electron chi connectivity index (χ1n) is 21.0. The van der Waals surface area contributed by atoms with Crippen LogP contribution in [0, 0.1) is 6.92 Å². The van der Waals surface area contributed by atoms with Crippen LogP contribution in [-0.2, 0) is 27.1 Å². The topological polar surface area (TPSA) is 4.93 Å². The highest BCUT2D eigenvalue weighted by atomic mass is 15.0. The first kappa shape index (κ1) is 32.5. The van der Waals surface area contributed by atoms with E-state index in [1.165, 1.54) is 22.3 Å². The average molecular weight is 694 g/mol. The zero-order valence-electron chi connectivity index (χ0n) is 38.8. The van der Waals surface area contributed by atoms with Crippen LogP contribution in [0.3, 0.4) is 0 Å². The molecule has 0 bridgehead atoms. The van der Waals surface area contributed by atoms with E-state index in [9.17, 15) is 2.74 Å². The molecule has 0 unspecified atom stereocenters. The van der Waals surface area contributed by atoms with Crippen molar-refractivity contribution in [2.24, 2.45) is 0 Å². The second-order valence-electron chi connectivity index (χ2n) is 20.2. The van der Waals surface area contributed by atoms with Crippen LogP contribution in [0.25, 0.3) is 49.7 Å². The molecule has 0 saturated carbocycles. The van der Waals surface area contributed by atoms with Gasteiger partial charge in [0.2, 0.25) is 0 Å². The van der Waals surface area contributed by atoms with E-state index in [0.29, 0.717) is 11.1 Å². The zero-order valence-corrected chi connectivity index (χ0v) is 34.8. The number of aromatic nitrogens is 1. The van der Waals surface area contributed by atoms with Crippen LogP contribution >= 0.6 is 0 Å². The van der Waals surface area contributed by atoms with Gasteiger partial charge in [-0.1, -0.05) is 176 Å². The van der Waals surface area contributed by atoms with E-state index in [-0.39, 0.29) is 45.8 Å². The number of rotatable bonds is 3. The Kier molecular flexibility index (Phi) is 7.82. The van der Waals surface area contributed by atoms with Crippen LogP contribution in [0.4, 0.5) is 0 Å². The van der Waals surface area contributed by atoms with Gasteiger partial charge in [-0.15, -0.1) is 0 Å². The van der Waals surface area contributed by atoms with Crippen LogP contribution in [0.5, 0.6) is 0 Å². The highest BCUT2D eigenvalue weighted by Gasteiger charge is 2.30. The summed E-state index contributed by atoms with van der Waals surface area (Å²) < 4.78 is 38.6. The first-order chi connectivity index (χ1) is 25.5. The molecule has 0 radical (unpaired) electrons. The smallest absolute Gasteiger partial charge is 0.0629 e. The summed E-state index contributed by atoms with van der Waals surface area (Å²) in [6.07, 6.45) is 0. The fourth-order valence-corrected chi connectivity index (χ4v) is 7.42. The minimum absolute atomic E-state index is 0.00212. The number of hydrogen-bond donors (Lipinski definition) is 0. The molecule has 0 spiro atoms. The fourth-order valence-electron chi connectivity index (χ4n) is 7.42. The summed E-state index contributed by atoms with van der Waals surface area (Å²) in [7, 11) is 0. The highest BCUT2D eigenvalue weighted by molar-refractivity contribution is 6.18. The second-order valence-corrected chi connectivity index (χ2v) is 20.2. The third kappa shape index (κ3) is 7.01. The molecule has 1 aromatic heterocycles. The molecule has 6 rings (SSSR count). The van der Waals surface area contributed by atoms with Crippen molar-refractivity contribution in [1.29, 1.82) is 0 Å². The highest BCUT2D eigenvalue weighted by Crippen LogP contribution is 2.48. The van der Waals surface area contributed by atoms with Gasteiger partial charge in [-0.05, 0) is 108 Å². The molecule has 52 heavy (non-hydrogen) atoms. The molecular formula is C51H63N. The Morgan fingerprint density at radius 2 is 0.904 bits per heavy atom. The molecule has 0 aliphatic rings. The molecule has 1 heterocycles. The van der Waals surface area contributed by atoms with E-state index in [1.807, 2.05) is 6.07 Å². The van der Waals surface area contributed by atoms with Crippen LogP contribution in [0.1, 0.15) is 143 Å². The minimum Gasteiger partial charge on any atom is -0.309 e. The van der Waals surface area contributed by atoms with Crippen molar-refractivity contribution < 1.29 is 5.48 Å². The maximum atomic E-state index is 9.23. The Bertz CT molecular complexity index is 2440. The van der Waals surface area contributed by atoms with Gasteiger partial charge in [0.05, 0.1) is 16.5 Å². The number of fused-ring (bicyclic) bond motifs is 3. The molecule has 0 saturated heterocycles. The summed E-state index contributed by atoms with van der Waals surface area (Å²) in [5.74, 6) is 0. The van der Waals surface area contributed by atoms with Gasteiger partial charge in [0.1, 0.15) is 0 Å². The van der Waals surface area contributed by atoms with Gasteiger partial charge in [-0.3, -0.25) is 0 Å². The first-order valence-corrected chi connectivity index (χ1v) is 19.0. The molecule has 0 fully saturated rings.